The Morgan fingerprint density at radius 3 is 2.05 bits per heavy atom. The monoisotopic (exact) mass is 548 g/mol. The zero-order valence-corrected chi connectivity index (χ0v) is 22.8. The van der Waals surface area contributed by atoms with Crippen LogP contribution in [0, 0.1) is 6.92 Å². The number of ether oxygens (including phenoxy) is 4. The van der Waals surface area contributed by atoms with Crippen LogP contribution in [0.15, 0.2) is 59.5 Å². The molecule has 0 atom stereocenters. The SMILES string of the molecule is COc1ccc(N(CC(=O)NCc2ccc(OC)c(OC)c2OC)S(=O)(=O)c2ccc(C)cc2)cc1Cl. The summed E-state index contributed by atoms with van der Waals surface area (Å²) in [7, 11) is 1.82. The Hall–Kier alpha value is -3.63. The molecule has 0 aliphatic heterocycles. The Bertz CT molecular complexity index is 1360. The van der Waals surface area contributed by atoms with Crippen molar-refractivity contribution < 1.29 is 32.2 Å². The van der Waals surface area contributed by atoms with Crippen LogP contribution in [-0.2, 0) is 21.4 Å². The minimum Gasteiger partial charge on any atom is -0.495 e. The van der Waals surface area contributed by atoms with E-state index in [2.05, 4.69) is 5.32 Å². The van der Waals surface area contributed by atoms with Crippen LogP contribution in [-0.4, -0.2) is 49.3 Å². The van der Waals surface area contributed by atoms with Crippen molar-refractivity contribution in [3.63, 3.8) is 0 Å². The summed E-state index contributed by atoms with van der Waals surface area (Å²) in [6, 6.07) is 14.3. The molecule has 0 saturated carbocycles. The minimum atomic E-state index is -4.11. The lowest BCUT2D eigenvalue weighted by Crippen LogP contribution is -2.40. The van der Waals surface area contributed by atoms with Gasteiger partial charge in [-0.05, 0) is 49.4 Å². The molecule has 1 amide bonds. The van der Waals surface area contributed by atoms with Crippen LogP contribution in [0.3, 0.4) is 0 Å². The predicted octanol–water partition coefficient (Wildman–Crippen LogP) is 4.19. The summed E-state index contributed by atoms with van der Waals surface area (Å²) in [6.07, 6.45) is 0. The van der Waals surface area contributed by atoms with Crippen molar-refractivity contribution in [1.82, 2.24) is 5.32 Å². The number of methoxy groups -OCH3 is 4. The number of carbonyl (C=O) groups excluding carboxylic acids is 1. The molecule has 0 heterocycles. The van der Waals surface area contributed by atoms with Gasteiger partial charge in [-0.3, -0.25) is 9.10 Å². The first-order chi connectivity index (χ1) is 17.7. The number of sulfonamides is 1. The molecule has 11 heteroatoms. The first-order valence-electron chi connectivity index (χ1n) is 11.1. The zero-order chi connectivity index (χ0) is 27.2. The summed E-state index contributed by atoms with van der Waals surface area (Å²) in [5.41, 5.74) is 1.73. The van der Waals surface area contributed by atoms with E-state index in [1.165, 1.54) is 52.7 Å². The van der Waals surface area contributed by atoms with E-state index in [1.807, 2.05) is 6.92 Å². The van der Waals surface area contributed by atoms with E-state index < -0.39 is 22.5 Å². The second-order valence-electron chi connectivity index (χ2n) is 7.91. The maximum Gasteiger partial charge on any atom is 0.264 e. The smallest absolute Gasteiger partial charge is 0.264 e. The minimum absolute atomic E-state index is 0.0411. The lowest BCUT2D eigenvalue weighted by atomic mass is 10.1. The normalized spacial score (nSPS) is 11.0. The molecule has 0 aliphatic rings. The molecule has 0 fully saturated rings. The number of nitrogens with one attached hydrogen (secondary N) is 1. The molecule has 0 unspecified atom stereocenters. The zero-order valence-electron chi connectivity index (χ0n) is 21.2. The number of carbonyl (C=O) groups is 1. The summed E-state index contributed by atoms with van der Waals surface area (Å²) in [5, 5.41) is 2.96. The number of aryl methyl sites for hydroxylation is 1. The third kappa shape index (κ3) is 6.20. The van der Waals surface area contributed by atoms with Gasteiger partial charge in [0.1, 0.15) is 12.3 Å². The standard InChI is InChI=1S/C26H29ClN2O7S/c1-17-6-10-20(11-7-17)37(31,32)29(19-9-13-22(33-2)21(27)14-19)16-24(30)28-15-18-8-12-23(34-3)26(36-5)25(18)35-4/h6-14H,15-16H2,1-5H3,(H,28,30). The third-order valence-corrected chi connectivity index (χ3v) is 7.66. The number of hydrogen-bond acceptors (Lipinski definition) is 7. The van der Waals surface area contributed by atoms with Gasteiger partial charge in [0.15, 0.2) is 11.5 Å². The quantitative estimate of drug-likeness (QED) is 0.383. The maximum atomic E-state index is 13.6. The molecule has 0 radical (unpaired) electrons. The lowest BCUT2D eigenvalue weighted by molar-refractivity contribution is -0.119. The fraction of sp³-hybridized carbons (Fsp3) is 0.269. The molecule has 37 heavy (non-hydrogen) atoms. The maximum absolute atomic E-state index is 13.6. The van der Waals surface area contributed by atoms with E-state index in [-0.39, 0.29) is 22.2 Å². The second kappa shape index (κ2) is 12.1. The molecule has 0 bridgehead atoms. The van der Waals surface area contributed by atoms with Crippen molar-refractivity contribution in [3.05, 3.63) is 70.7 Å². The molecule has 0 spiro atoms. The van der Waals surface area contributed by atoms with E-state index in [4.69, 9.17) is 30.5 Å². The number of hydrogen-bond donors (Lipinski definition) is 1. The number of amides is 1. The van der Waals surface area contributed by atoms with Gasteiger partial charge in [0.05, 0.1) is 44.0 Å². The van der Waals surface area contributed by atoms with Gasteiger partial charge < -0.3 is 24.3 Å². The van der Waals surface area contributed by atoms with Gasteiger partial charge in [-0.1, -0.05) is 29.3 Å². The van der Waals surface area contributed by atoms with Gasteiger partial charge >= 0.3 is 0 Å². The van der Waals surface area contributed by atoms with Crippen molar-refractivity contribution >= 4 is 33.2 Å². The molecular formula is C26H29ClN2O7S. The highest BCUT2D eigenvalue weighted by molar-refractivity contribution is 7.92. The first kappa shape index (κ1) is 27.9. The van der Waals surface area contributed by atoms with Crippen molar-refractivity contribution in [2.45, 2.75) is 18.4 Å². The lowest BCUT2D eigenvalue weighted by Gasteiger charge is -2.25. The Balaban J connectivity index is 1.91. The predicted molar refractivity (Wildman–Crippen MR) is 142 cm³/mol. The molecule has 0 saturated heterocycles. The van der Waals surface area contributed by atoms with Gasteiger partial charge in [0.2, 0.25) is 11.7 Å². The summed E-state index contributed by atoms with van der Waals surface area (Å²) in [4.78, 5) is 13.1. The highest BCUT2D eigenvalue weighted by Gasteiger charge is 2.28. The average molecular weight is 549 g/mol. The summed E-state index contributed by atoms with van der Waals surface area (Å²) >= 11 is 6.27. The van der Waals surface area contributed by atoms with Gasteiger partial charge in [-0.15, -0.1) is 0 Å². The van der Waals surface area contributed by atoms with E-state index in [0.29, 0.717) is 28.6 Å². The summed E-state index contributed by atoms with van der Waals surface area (Å²) in [6.45, 7) is 1.42. The molecule has 198 valence electrons. The van der Waals surface area contributed by atoms with Gasteiger partial charge in [0, 0.05) is 12.1 Å². The van der Waals surface area contributed by atoms with Gasteiger partial charge in [-0.25, -0.2) is 8.42 Å². The van der Waals surface area contributed by atoms with E-state index in [0.717, 1.165) is 9.87 Å². The van der Waals surface area contributed by atoms with Gasteiger partial charge in [0.25, 0.3) is 10.0 Å². The van der Waals surface area contributed by atoms with E-state index in [9.17, 15) is 13.2 Å². The van der Waals surface area contributed by atoms with E-state index in [1.54, 1.807) is 30.3 Å². The number of halogens is 1. The Kier molecular flexibility index (Phi) is 9.12. The molecule has 3 aromatic carbocycles. The second-order valence-corrected chi connectivity index (χ2v) is 10.2. The fourth-order valence-electron chi connectivity index (χ4n) is 3.65. The van der Waals surface area contributed by atoms with Crippen LogP contribution < -0.4 is 28.6 Å². The van der Waals surface area contributed by atoms with Crippen molar-refractivity contribution in [1.29, 1.82) is 0 Å². The number of rotatable bonds is 11. The van der Waals surface area contributed by atoms with Gasteiger partial charge in [-0.2, -0.15) is 0 Å². The molecule has 1 N–H and O–H groups in total. The summed E-state index contributed by atoms with van der Waals surface area (Å²) < 4.78 is 49.5. The molecule has 3 rings (SSSR count). The van der Waals surface area contributed by atoms with Crippen LogP contribution in [0.1, 0.15) is 11.1 Å². The fourth-order valence-corrected chi connectivity index (χ4v) is 5.31. The van der Waals surface area contributed by atoms with Crippen molar-refractivity contribution in [2.75, 3.05) is 39.3 Å². The number of nitrogens with zero attached hydrogens (tertiary/aromatic N) is 1. The van der Waals surface area contributed by atoms with Crippen LogP contribution in [0.25, 0.3) is 0 Å². The highest BCUT2D eigenvalue weighted by atomic mass is 35.5. The Labute approximate surface area is 221 Å². The van der Waals surface area contributed by atoms with Crippen molar-refractivity contribution in [3.8, 4) is 23.0 Å². The van der Waals surface area contributed by atoms with Crippen LogP contribution in [0.5, 0.6) is 23.0 Å². The van der Waals surface area contributed by atoms with Crippen LogP contribution in [0.2, 0.25) is 5.02 Å². The van der Waals surface area contributed by atoms with Crippen molar-refractivity contribution in [2.24, 2.45) is 0 Å². The van der Waals surface area contributed by atoms with Crippen LogP contribution >= 0.6 is 11.6 Å². The molecule has 3 aromatic rings. The Morgan fingerprint density at radius 1 is 0.865 bits per heavy atom. The molecule has 0 aromatic heterocycles. The average Bonchev–Trinajstić information content (AvgIpc) is 2.89. The molecular weight excluding hydrogens is 520 g/mol. The van der Waals surface area contributed by atoms with E-state index >= 15 is 0 Å². The molecule has 9 nitrogen and oxygen atoms in total. The highest BCUT2D eigenvalue weighted by Crippen LogP contribution is 2.39. The van der Waals surface area contributed by atoms with Crippen LogP contribution in [0.4, 0.5) is 5.69 Å². The number of anilines is 1. The first-order valence-corrected chi connectivity index (χ1v) is 13.0. The third-order valence-electron chi connectivity index (χ3n) is 5.58. The Morgan fingerprint density at radius 2 is 1.49 bits per heavy atom. The molecule has 0 aliphatic carbocycles. The topological polar surface area (TPSA) is 103 Å². The largest absolute Gasteiger partial charge is 0.495 e. The number of benzene rings is 3. The summed E-state index contributed by atoms with van der Waals surface area (Å²) in [5.74, 6) is 1.09.